The molecular weight excluding hydrogens is 407 g/mol. The number of hydrogen-bond donors (Lipinski definition) is 1. The molecule has 2 aliphatic rings. The summed E-state index contributed by atoms with van der Waals surface area (Å²) in [6.07, 6.45) is 0. The highest BCUT2D eigenvalue weighted by atomic mass is 32.1. The molecule has 0 saturated carbocycles. The molecule has 8 heteroatoms. The molecule has 1 fully saturated rings. The highest BCUT2D eigenvalue weighted by Crippen LogP contribution is 2.52. The molecule has 2 bridgehead atoms. The fourth-order valence-corrected chi connectivity index (χ4v) is 4.62. The smallest absolute Gasteiger partial charge is 0.317 e. The largest absolute Gasteiger partial charge is 0.490 e. The highest BCUT2D eigenvalue weighted by molar-refractivity contribution is 7.80. The van der Waals surface area contributed by atoms with E-state index in [0.717, 1.165) is 5.56 Å². The first kappa shape index (κ1) is 20.4. The summed E-state index contributed by atoms with van der Waals surface area (Å²) >= 11 is 5.64. The number of esters is 1. The summed E-state index contributed by atoms with van der Waals surface area (Å²) in [5.41, 5.74) is 0.163. The topological polar surface area (TPSA) is 60.0 Å². The number of halogens is 1. The molecule has 1 saturated heterocycles. The number of thiocarbonyl (C=S) groups is 1. The molecule has 1 N–H and O–H groups in total. The van der Waals surface area contributed by atoms with Crippen LogP contribution in [-0.4, -0.2) is 30.0 Å². The Morgan fingerprint density at radius 2 is 1.97 bits per heavy atom. The van der Waals surface area contributed by atoms with E-state index in [-0.39, 0.29) is 12.4 Å². The second-order valence-electron chi connectivity index (χ2n) is 7.23. The van der Waals surface area contributed by atoms with Crippen LogP contribution in [0.2, 0.25) is 0 Å². The van der Waals surface area contributed by atoms with Gasteiger partial charge in [0.25, 0.3) is 0 Å². The van der Waals surface area contributed by atoms with Crippen LogP contribution in [0.4, 0.5) is 10.1 Å². The summed E-state index contributed by atoms with van der Waals surface area (Å²) < 4.78 is 31.2. The van der Waals surface area contributed by atoms with Gasteiger partial charge in [-0.25, -0.2) is 4.39 Å². The number of nitrogens with one attached hydrogen (secondary N) is 1. The minimum Gasteiger partial charge on any atom is -0.490 e. The molecular formula is C22H23FN2O4S. The standard InChI is InChI=1S/C22H23FN2O4S/c1-4-27-16-8-6-7-15-18-17(20(26)28-5-2)22(3,29-19(15)16)25(21(30)24-18)14-11-9-13(23)10-12-14/h6-12,17-18H,4-5H2,1-3H3,(H,24,30)/t17-,18-,22+/m1/s1. The highest BCUT2D eigenvalue weighted by Gasteiger charge is 2.60. The monoisotopic (exact) mass is 430 g/mol. The quantitative estimate of drug-likeness (QED) is 0.569. The molecule has 3 atom stereocenters. The van der Waals surface area contributed by atoms with Gasteiger partial charge in [0, 0.05) is 11.3 Å². The number of para-hydroxylation sites is 1. The average molecular weight is 431 g/mol. The van der Waals surface area contributed by atoms with Gasteiger partial charge < -0.3 is 19.5 Å². The van der Waals surface area contributed by atoms with Gasteiger partial charge in [-0.3, -0.25) is 9.69 Å². The molecule has 0 unspecified atom stereocenters. The second-order valence-corrected chi connectivity index (χ2v) is 7.62. The lowest BCUT2D eigenvalue weighted by molar-refractivity contribution is -0.159. The first-order valence-corrected chi connectivity index (χ1v) is 10.3. The third kappa shape index (κ3) is 3.15. The zero-order valence-corrected chi connectivity index (χ0v) is 17.8. The number of rotatable bonds is 5. The van der Waals surface area contributed by atoms with E-state index < -0.39 is 23.7 Å². The van der Waals surface area contributed by atoms with Gasteiger partial charge in [0.05, 0.1) is 19.3 Å². The second kappa shape index (κ2) is 7.75. The van der Waals surface area contributed by atoms with Gasteiger partial charge >= 0.3 is 5.97 Å². The molecule has 2 aliphatic heterocycles. The minimum absolute atomic E-state index is 0.241. The van der Waals surface area contributed by atoms with E-state index in [0.29, 0.717) is 28.9 Å². The van der Waals surface area contributed by atoms with E-state index in [1.807, 2.05) is 25.1 Å². The van der Waals surface area contributed by atoms with Crippen molar-refractivity contribution in [2.45, 2.75) is 32.5 Å². The number of carbonyl (C=O) groups excluding carboxylic acids is 1. The number of hydrogen-bond acceptors (Lipinski definition) is 5. The van der Waals surface area contributed by atoms with Crippen LogP contribution in [0.1, 0.15) is 32.4 Å². The van der Waals surface area contributed by atoms with Crippen molar-refractivity contribution in [3.8, 4) is 11.5 Å². The Kier molecular flexibility index (Phi) is 5.27. The van der Waals surface area contributed by atoms with Crippen LogP contribution >= 0.6 is 12.2 Å². The van der Waals surface area contributed by atoms with Crippen molar-refractivity contribution < 1.29 is 23.4 Å². The third-order valence-electron chi connectivity index (χ3n) is 5.41. The van der Waals surface area contributed by atoms with Gasteiger partial charge in [0.1, 0.15) is 11.7 Å². The van der Waals surface area contributed by atoms with Crippen LogP contribution in [-0.2, 0) is 9.53 Å². The predicted molar refractivity (Wildman–Crippen MR) is 114 cm³/mol. The zero-order valence-electron chi connectivity index (χ0n) is 17.0. The summed E-state index contributed by atoms with van der Waals surface area (Å²) in [6.45, 7) is 6.16. The number of anilines is 1. The maximum absolute atomic E-state index is 13.5. The van der Waals surface area contributed by atoms with Crippen molar-refractivity contribution >= 4 is 29.0 Å². The van der Waals surface area contributed by atoms with Gasteiger partial charge in [0.2, 0.25) is 5.72 Å². The maximum Gasteiger partial charge on any atom is 0.317 e. The van der Waals surface area contributed by atoms with Crippen LogP contribution < -0.4 is 19.7 Å². The molecule has 0 radical (unpaired) electrons. The Hall–Kier alpha value is -2.87. The van der Waals surface area contributed by atoms with E-state index in [4.69, 9.17) is 26.4 Å². The molecule has 0 aliphatic carbocycles. The Balaban J connectivity index is 1.90. The summed E-state index contributed by atoms with van der Waals surface area (Å²) in [4.78, 5) is 14.8. The van der Waals surface area contributed by atoms with Gasteiger partial charge in [-0.1, -0.05) is 12.1 Å². The lowest BCUT2D eigenvalue weighted by atomic mass is 9.79. The van der Waals surface area contributed by atoms with Gasteiger partial charge in [-0.05, 0) is 63.3 Å². The summed E-state index contributed by atoms with van der Waals surface area (Å²) in [5, 5.41) is 3.66. The van der Waals surface area contributed by atoms with Gasteiger partial charge in [-0.15, -0.1) is 0 Å². The van der Waals surface area contributed by atoms with Gasteiger partial charge in [0.15, 0.2) is 16.6 Å². The first-order chi connectivity index (χ1) is 14.4. The number of ether oxygens (including phenoxy) is 3. The number of carbonyl (C=O) groups is 1. The average Bonchev–Trinajstić information content (AvgIpc) is 2.70. The molecule has 2 aromatic rings. The fraction of sp³-hybridized carbons (Fsp3) is 0.364. The Morgan fingerprint density at radius 1 is 1.23 bits per heavy atom. The lowest BCUT2D eigenvalue weighted by Gasteiger charge is -2.55. The summed E-state index contributed by atoms with van der Waals surface area (Å²) in [5.74, 6) is -0.358. The normalized spacial score (nSPS) is 24.4. The Morgan fingerprint density at radius 3 is 2.63 bits per heavy atom. The first-order valence-electron chi connectivity index (χ1n) is 9.88. The van der Waals surface area contributed by atoms with Crippen molar-refractivity contribution in [3.63, 3.8) is 0 Å². The molecule has 0 aromatic heterocycles. The Bertz CT molecular complexity index is 984. The minimum atomic E-state index is -1.21. The van der Waals surface area contributed by atoms with Crippen molar-refractivity contribution in [1.29, 1.82) is 0 Å². The molecule has 0 amide bonds. The Labute approximate surface area is 179 Å². The zero-order chi connectivity index (χ0) is 21.5. The SMILES string of the molecule is CCOC(=O)[C@H]1[C@@H]2NC(=S)N(c3ccc(F)cc3)[C@@]1(C)Oc1c(OCC)cccc12. The van der Waals surface area contributed by atoms with Crippen LogP contribution in [0.15, 0.2) is 42.5 Å². The molecule has 0 spiro atoms. The molecule has 158 valence electrons. The third-order valence-corrected chi connectivity index (χ3v) is 5.72. The van der Waals surface area contributed by atoms with E-state index >= 15 is 0 Å². The van der Waals surface area contributed by atoms with Crippen LogP contribution in [0, 0.1) is 11.7 Å². The fourth-order valence-electron chi connectivity index (χ4n) is 4.21. The molecule has 4 rings (SSSR count). The van der Waals surface area contributed by atoms with Crippen LogP contribution in [0.5, 0.6) is 11.5 Å². The van der Waals surface area contributed by atoms with Crippen molar-refractivity contribution in [2.75, 3.05) is 18.1 Å². The van der Waals surface area contributed by atoms with E-state index in [2.05, 4.69) is 5.32 Å². The number of benzene rings is 2. The molecule has 30 heavy (non-hydrogen) atoms. The summed E-state index contributed by atoms with van der Waals surface area (Å²) in [7, 11) is 0. The van der Waals surface area contributed by atoms with E-state index in [1.54, 1.807) is 30.9 Å². The number of nitrogens with zero attached hydrogens (tertiary/aromatic N) is 1. The lowest BCUT2D eigenvalue weighted by Crippen LogP contribution is -2.71. The summed E-state index contributed by atoms with van der Waals surface area (Å²) in [6, 6.07) is 11.0. The van der Waals surface area contributed by atoms with Crippen molar-refractivity contribution in [1.82, 2.24) is 5.32 Å². The van der Waals surface area contributed by atoms with E-state index in [9.17, 15) is 9.18 Å². The molecule has 2 heterocycles. The predicted octanol–water partition coefficient (Wildman–Crippen LogP) is 3.95. The van der Waals surface area contributed by atoms with E-state index in [1.165, 1.54) is 12.1 Å². The van der Waals surface area contributed by atoms with Gasteiger partial charge in [-0.2, -0.15) is 0 Å². The van der Waals surface area contributed by atoms with Crippen LogP contribution in [0.25, 0.3) is 0 Å². The van der Waals surface area contributed by atoms with Crippen molar-refractivity contribution in [3.05, 3.63) is 53.8 Å². The molecule has 2 aromatic carbocycles. The maximum atomic E-state index is 13.5. The van der Waals surface area contributed by atoms with Crippen molar-refractivity contribution in [2.24, 2.45) is 5.92 Å². The molecule has 6 nitrogen and oxygen atoms in total. The number of fused-ring (bicyclic) bond motifs is 4. The van der Waals surface area contributed by atoms with Crippen LogP contribution in [0.3, 0.4) is 0 Å².